The number of aliphatic hydroxyl groups excluding tert-OH is 1. The molecule has 0 bridgehead atoms. The van der Waals surface area contributed by atoms with Crippen molar-refractivity contribution >= 4 is 34.7 Å². The Morgan fingerprint density at radius 3 is 2.25 bits per heavy atom. The van der Waals surface area contributed by atoms with Gasteiger partial charge in [-0.05, 0) is 40.8 Å². The summed E-state index contributed by atoms with van der Waals surface area (Å²) in [6.45, 7) is 6.28. The summed E-state index contributed by atoms with van der Waals surface area (Å²) in [6, 6.07) is 13.0. The van der Waals surface area contributed by atoms with Gasteiger partial charge in [-0.15, -0.1) is 0 Å². The van der Waals surface area contributed by atoms with Crippen molar-refractivity contribution in [3.8, 4) is 11.5 Å². The van der Waals surface area contributed by atoms with Gasteiger partial charge in [0, 0.05) is 24.1 Å². The molecule has 7 nitrogen and oxygen atoms in total. The van der Waals surface area contributed by atoms with Gasteiger partial charge in [0.05, 0.1) is 36.4 Å². The number of benzene rings is 2. The van der Waals surface area contributed by atoms with Gasteiger partial charge in [0.2, 0.25) is 0 Å². The number of Topliss-reactive ketones (excluding diaryl/α,β-unsaturated/α-hetero) is 1. The van der Waals surface area contributed by atoms with E-state index in [9.17, 15) is 14.7 Å². The summed E-state index contributed by atoms with van der Waals surface area (Å²) in [5, 5.41) is 11.7. The number of ether oxygens (including phenoxy) is 2. The first-order chi connectivity index (χ1) is 17.1. The minimum atomic E-state index is -0.912. The van der Waals surface area contributed by atoms with E-state index in [4.69, 9.17) is 21.1 Å². The second kappa shape index (κ2) is 9.66. The summed E-state index contributed by atoms with van der Waals surface area (Å²) < 4.78 is 10.7. The third kappa shape index (κ3) is 4.42. The number of aromatic nitrogens is 1. The number of hydrogen-bond acceptors (Lipinski definition) is 6. The maximum absolute atomic E-state index is 13.4. The van der Waals surface area contributed by atoms with Crippen molar-refractivity contribution in [2.24, 2.45) is 0 Å². The highest BCUT2D eigenvalue weighted by atomic mass is 35.5. The fourth-order valence-electron chi connectivity index (χ4n) is 4.26. The summed E-state index contributed by atoms with van der Waals surface area (Å²) in [4.78, 5) is 32.4. The summed E-state index contributed by atoms with van der Waals surface area (Å²) in [6.07, 6.45) is 3.17. The Morgan fingerprint density at radius 1 is 1.03 bits per heavy atom. The van der Waals surface area contributed by atoms with Crippen molar-refractivity contribution in [2.45, 2.75) is 32.2 Å². The zero-order valence-corrected chi connectivity index (χ0v) is 21.5. The molecule has 1 aromatic heterocycles. The molecular weight excluding hydrogens is 480 g/mol. The molecule has 36 heavy (non-hydrogen) atoms. The number of amides is 1. The van der Waals surface area contributed by atoms with E-state index < -0.39 is 23.5 Å². The van der Waals surface area contributed by atoms with Crippen LogP contribution in [0.25, 0.3) is 5.76 Å². The Kier molecular flexibility index (Phi) is 6.78. The summed E-state index contributed by atoms with van der Waals surface area (Å²) in [5.41, 5.74) is 2.18. The number of halogens is 1. The minimum absolute atomic E-state index is 0.0837. The molecule has 0 radical (unpaired) electrons. The number of hydrogen-bond donors (Lipinski definition) is 1. The third-order valence-corrected chi connectivity index (χ3v) is 6.48. The van der Waals surface area contributed by atoms with Gasteiger partial charge < -0.3 is 14.6 Å². The van der Waals surface area contributed by atoms with E-state index in [1.165, 1.54) is 31.3 Å². The zero-order valence-electron chi connectivity index (χ0n) is 20.7. The van der Waals surface area contributed by atoms with Crippen molar-refractivity contribution < 1.29 is 24.2 Å². The number of carbonyl (C=O) groups excluding carboxylic acids is 2. The number of anilines is 1. The predicted octanol–water partition coefficient (Wildman–Crippen LogP) is 5.68. The lowest BCUT2D eigenvalue weighted by Crippen LogP contribution is -2.29. The van der Waals surface area contributed by atoms with Crippen molar-refractivity contribution in [3.63, 3.8) is 0 Å². The number of pyridine rings is 1. The highest BCUT2D eigenvalue weighted by Gasteiger charge is 2.47. The highest BCUT2D eigenvalue weighted by Crippen LogP contribution is 2.44. The molecule has 2 heterocycles. The lowest BCUT2D eigenvalue weighted by atomic mass is 9.87. The SMILES string of the molecule is COc1cc(/C(O)=C2\C(=O)C(=O)N(c3ccc(C(C)(C)C)cc3)C2c2cccnc2)c(OC)cc1Cl. The fraction of sp³-hybridized carbons (Fsp3) is 0.250. The maximum Gasteiger partial charge on any atom is 0.300 e. The molecule has 2 aromatic carbocycles. The summed E-state index contributed by atoms with van der Waals surface area (Å²) in [5.74, 6) is -1.47. The Hall–Kier alpha value is -3.84. The van der Waals surface area contributed by atoms with Gasteiger partial charge in [0.25, 0.3) is 11.7 Å². The predicted molar refractivity (Wildman–Crippen MR) is 139 cm³/mol. The van der Waals surface area contributed by atoms with Crippen LogP contribution in [0, 0.1) is 0 Å². The lowest BCUT2D eigenvalue weighted by Gasteiger charge is -2.26. The smallest absolute Gasteiger partial charge is 0.300 e. The van der Waals surface area contributed by atoms with Gasteiger partial charge in [-0.2, -0.15) is 0 Å². The van der Waals surface area contributed by atoms with E-state index in [-0.39, 0.29) is 33.1 Å². The Morgan fingerprint density at radius 2 is 1.69 bits per heavy atom. The second-order valence-corrected chi connectivity index (χ2v) is 9.85. The summed E-state index contributed by atoms with van der Waals surface area (Å²) in [7, 11) is 2.86. The highest BCUT2D eigenvalue weighted by molar-refractivity contribution is 6.51. The topological polar surface area (TPSA) is 89.0 Å². The molecular formula is C28H27ClN2O5. The van der Waals surface area contributed by atoms with Crippen LogP contribution in [0.2, 0.25) is 5.02 Å². The molecule has 0 aliphatic carbocycles. The van der Waals surface area contributed by atoms with Crippen LogP contribution >= 0.6 is 11.6 Å². The molecule has 1 unspecified atom stereocenters. The second-order valence-electron chi connectivity index (χ2n) is 9.44. The van der Waals surface area contributed by atoms with Crippen LogP contribution in [0.5, 0.6) is 11.5 Å². The molecule has 0 saturated carbocycles. The molecule has 186 valence electrons. The van der Waals surface area contributed by atoms with E-state index >= 15 is 0 Å². The van der Waals surface area contributed by atoms with Gasteiger partial charge in [0.1, 0.15) is 17.3 Å². The molecule has 1 aliphatic rings. The first-order valence-electron chi connectivity index (χ1n) is 11.3. The van der Waals surface area contributed by atoms with Crippen LogP contribution in [0.4, 0.5) is 5.69 Å². The lowest BCUT2D eigenvalue weighted by molar-refractivity contribution is -0.132. The fourth-order valence-corrected chi connectivity index (χ4v) is 4.50. The molecule has 8 heteroatoms. The van der Waals surface area contributed by atoms with E-state index in [1.807, 2.05) is 12.1 Å². The molecule has 1 amide bonds. The van der Waals surface area contributed by atoms with Gasteiger partial charge in [-0.1, -0.05) is 50.6 Å². The van der Waals surface area contributed by atoms with Crippen molar-refractivity contribution in [3.05, 3.63) is 88.2 Å². The van der Waals surface area contributed by atoms with E-state index in [0.29, 0.717) is 11.3 Å². The van der Waals surface area contributed by atoms with E-state index in [2.05, 4.69) is 25.8 Å². The third-order valence-electron chi connectivity index (χ3n) is 6.19. The number of methoxy groups -OCH3 is 2. The molecule has 1 fully saturated rings. The average molecular weight is 507 g/mol. The van der Waals surface area contributed by atoms with Crippen LogP contribution in [-0.2, 0) is 15.0 Å². The Balaban J connectivity index is 1.94. The Bertz CT molecular complexity index is 1340. The molecule has 3 aromatic rings. The van der Waals surface area contributed by atoms with Crippen LogP contribution in [-0.4, -0.2) is 36.0 Å². The van der Waals surface area contributed by atoms with Crippen molar-refractivity contribution in [2.75, 3.05) is 19.1 Å². The van der Waals surface area contributed by atoms with Gasteiger partial charge >= 0.3 is 0 Å². The maximum atomic E-state index is 13.4. The number of ketones is 1. The molecule has 1 aliphatic heterocycles. The summed E-state index contributed by atoms with van der Waals surface area (Å²) >= 11 is 6.23. The Labute approximate surface area is 214 Å². The van der Waals surface area contributed by atoms with Crippen molar-refractivity contribution in [1.29, 1.82) is 0 Å². The van der Waals surface area contributed by atoms with Gasteiger partial charge in [-0.3, -0.25) is 19.5 Å². The van der Waals surface area contributed by atoms with Gasteiger partial charge in [-0.25, -0.2) is 0 Å². The first kappa shape index (κ1) is 25.3. The molecule has 1 saturated heterocycles. The van der Waals surface area contributed by atoms with Crippen LogP contribution in [0.15, 0.2) is 66.5 Å². The van der Waals surface area contributed by atoms with E-state index in [0.717, 1.165) is 5.56 Å². The van der Waals surface area contributed by atoms with Gasteiger partial charge in [0.15, 0.2) is 0 Å². The average Bonchev–Trinajstić information content (AvgIpc) is 3.13. The van der Waals surface area contributed by atoms with E-state index in [1.54, 1.807) is 36.7 Å². The quantitative estimate of drug-likeness (QED) is 0.272. The van der Waals surface area contributed by atoms with Crippen LogP contribution in [0.3, 0.4) is 0 Å². The minimum Gasteiger partial charge on any atom is -0.507 e. The zero-order chi connectivity index (χ0) is 26.2. The molecule has 1 atom stereocenters. The molecule has 4 rings (SSSR count). The standard InChI is InChI=1S/C28H27ClN2O5/c1-28(2,3)17-8-10-18(11-9-17)31-24(16-7-6-12-30-15-16)23(26(33)27(31)34)25(32)19-13-22(36-5)20(29)14-21(19)35-4/h6-15,24,32H,1-5H3/b25-23+. The number of carbonyl (C=O) groups is 2. The van der Waals surface area contributed by atoms with Crippen molar-refractivity contribution in [1.82, 2.24) is 4.98 Å². The monoisotopic (exact) mass is 506 g/mol. The first-order valence-corrected chi connectivity index (χ1v) is 11.7. The number of rotatable bonds is 5. The number of aliphatic hydroxyl groups is 1. The molecule has 1 N–H and O–H groups in total. The largest absolute Gasteiger partial charge is 0.507 e. The molecule has 0 spiro atoms. The number of nitrogens with zero attached hydrogens (tertiary/aromatic N) is 2. The van der Waals surface area contributed by atoms with Crippen LogP contribution in [0.1, 0.15) is 43.5 Å². The van der Waals surface area contributed by atoms with Crippen LogP contribution < -0.4 is 14.4 Å². The normalized spacial score (nSPS) is 17.4.